The fourth-order valence-corrected chi connectivity index (χ4v) is 1.75. The molecule has 0 aliphatic rings. The molecular weight excluding hydrogens is 375 g/mol. The van der Waals surface area contributed by atoms with Gasteiger partial charge in [-0.3, -0.25) is 9.97 Å². The van der Waals surface area contributed by atoms with Gasteiger partial charge in [-0.25, -0.2) is 4.98 Å². The van der Waals surface area contributed by atoms with Crippen LogP contribution in [-0.2, 0) is 19.5 Å². The molecule has 5 nitrogen and oxygen atoms in total. The summed E-state index contributed by atoms with van der Waals surface area (Å²) in [5.74, 6) is 0. The second kappa shape index (κ2) is 11.7. The number of pyridine rings is 3. The Balaban J connectivity index is 0.000000901. The van der Waals surface area contributed by atoms with Gasteiger partial charge in [-0.1, -0.05) is 18.2 Å². The molecule has 0 saturated heterocycles. The van der Waals surface area contributed by atoms with E-state index in [4.69, 9.17) is 23.7 Å². The maximum atomic E-state index is 6.25. The minimum absolute atomic E-state index is 0. The predicted molar refractivity (Wildman–Crippen MR) is 80.6 cm³/mol. The first kappa shape index (κ1) is 20.1. The summed E-state index contributed by atoms with van der Waals surface area (Å²) in [4.78, 5) is 13.2. The van der Waals surface area contributed by atoms with Gasteiger partial charge in [0.1, 0.15) is 0 Å². The molecule has 112 valence electrons. The van der Waals surface area contributed by atoms with Crippen LogP contribution in [0.4, 0.5) is 0 Å². The molecule has 3 aromatic heterocycles. The molecule has 0 unspecified atom stereocenters. The van der Waals surface area contributed by atoms with Crippen molar-refractivity contribution < 1.29 is 19.5 Å². The van der Waals surface area contributed by atoms with Crippen molar-refractivity contribution in [1.29, 1.82) is 10.5 Å². The second-order valence-corrected chi connectivity index (χ2v) is 3.84. The zero-order valence-electron chi connectivity index (χ0n) is 11.9. The van der Waals surface area contributed by atoms with Crippen molar-refractivity contribution in [2.45, 2.75) is 0 Å². The Morgan fingerprint density at radius 2 is 0.957 bits per heavy atom. The van der Waals surface area contributed by atoms with Gasteiger partial charge in [-0.2, -0.15) is 0 Å². The first-order chi connectivity index (χ1) is 10.9. The first-order valence-corrected chi connectivity index (χ1v) is 6.18. The molecule has 0 amide bonds. The smallest absolute Gasteiger partial charge is 0.512 e. The molecular formula is C17H11N5Ru. The van der Waals surface area contributed by atoms with E-state index in [9.17, 15) is 0 Å². The summed E-state index contributed by atoms with van der Waals surface area (Å²) in [6, 6.07) is 17.5. The topological polar surface area (TPSA) is 86.2 Å². The third kappa shape index (κ3) is 5.75. The molecule has 0 aromatic carbocycles. The number of hydrogen-bond donors (Lipinski definition) is 0. The van der Waals surface area contributed by atoms with Crippen LogP contribution in [-0.4, -0.2) is 15.0 Å². The monoisotopic (exact) mass is 387 g/mol. The van der Waals surface area contributed by atoms with E-state index in [1.807, 2.05) is 54.6 Å². The Morgan fingerprint density at radius 1 is 0.565 bits per heavy atom. The molecule has 3 rings (SSSR count). The molecule has 0 N–H and O–H groups in total. The van der Waals surface area contributed by atoms with E-state index in [1.165, 1.54) is 0 Å². The second-order valence-electron chi connectivity index (χ2n) is 3.84. The van der Waals surface area contributed by atoms with Gasteiger partial charge in [0.2, 0.25) is 0 Å². The van der Waals surface area contributed by atoms with Crippen LogP contribution in [0.5, 0.6) is 0 Å². The Hall–Kier alpha value is -2.95. The molecule has 23 heavy (non-hydrogen) atoms. The summed E-state index contributed by atoms with van der Waals surface area (Å²) in [6.45, 7) is 9.50. The SMILES string of the molecule is [C-]#N.[C-]#N.[Ru+2].c1ccc(-c2cccc(-c3ccccn3)n2)nc1. The summed E-state index contributed by atoms with van der Waals surface area (Å²) in [5, 5.41) is 12.5. The van der Waals surface area contributed by atoms with Crippen LogP contribution >= 0.6 is 0 Å². The van der Waals surface area contributed by atoms with Crippen molar-refractivity contribution >= 4 is 0 Å². The fraction of sp³-hybridized carbons (Fsp3) is 0. The minimum atomic E-state index is 0. The molecule has 0 saturated carbocycles. The third-order valence-electron chi connectivity index (χ3n) is 2.60. The van der Waals surface area contributed by atoms with Crippen molar-refractivity contribution in [3.8, 4) is 22.8 Å². The van der Waals surface area contributed by atoms with E-state index in [1.54, 1.807) is 12.4 Å². The summed E-state index contributed by atoms with van der Waals surface area (Å²) in [7, 11) is 0. The largest absolute Gasteiger partial charge is 2.00 e. The zero-order chi connectivity index (χ0) is 16.2. The van der Waals surface area contributed by atoms with Crippen LogP contribution in [0.2, 0.25) is 0 Å². The van der Waals surface area contributed by atoms with Crippen LogP contribution in [0, 0.1) is 23.7 Å². The minimum Gasteiger partial charge on any atom is -0.512 e. The molecule has 3 heterocycles. The van der Waals surface area contributed by atoms with Gasteiger partial charge in [-0.15, -0.1) is 0 Å². The third-order valence-corrected chi connectivity index (χ3v) is 2.60. The Kier molecular flexibility index (Phi) is 10.2. The number of nitrogens with zero attached hydrogens (tertiary/aromatic N) is 5. The maximum absolute atomic E-state index is 6.25. The van der Waals surface area contributed by atoms with Gasteiger partial charge in [0.15, 0.2) is 0 Å². The van der Waals surface area contributed by atoms with Crippen molar-refractivity contribution in [2.75, 3.05) is 0 Å². The van der Waals surface area contributed by atoms with Crippen molar-refractivity contribution in [3.05, 3.63) is 80.1 Å². The van der Waals surface area contributed by atoms with Crippen LogP contribution in [0.1, 0.15) is 0 Å². The number of aromatic nitrogens is 3. The molecule has 0 aliphatic heterocycles. The van der Waals surface area contributed by atoms with Crippen LogP contribution in [0.3, 0.4) is 0 Å². The van der Waals surface area contributed by atoms with Crippen LogP contribution < -0.4 is 0 Å². The Bertz CT molecular complexity index is 666. The molecule has 0 spiro atoms. The van der Waals surface area contributed by atoms with Gasteiger partial charge in [-0.05, 0) is 36.4 Å². The first-order valence-electron chi connectivity index (χ1n) is 6.18. The molecule has 0 atom stereocenters. The van der Waals surface area contributed by atoms with Crippen molar-refractivity contribution in [2.24, 2.45) is 0 Å². The van der Waals surface area contributed by atoms with E-state index in [0.717, 1.165) is 22.8 Å². The Morgan fingerprint density at radius 3 is 1.30 bits per heavy atom. The molecule has 0 radical (unpaired) electrons. The van der Waals surface area contributed by atoms with Gasteiger partial charge < -0.3 is 23.7 Å². The average Bonchev–Trinajstić information content (AvgIpc) is 2.67. The van der Waals surface area contributed by atoms with Gasteiger partial charge in [0, 0.05) is 12.4 Å². The standard InChI is InChI=1S/C15H11N3.2CN.Ru/c1-3-10-16-12(6-1)14-8-5-9-15(18-14)13-7-2-4-11-17-13;2*1-2;/h1-11H;;;/q;2*-1;+2. The van der Waals surface area contributed by atoms with Gasteiger partial charge >= 0.3 is 19.5 Å². The molecule has 6 heteroatoms. The molecule has 0 fully saturated rings. The van der Waals surface area contributed by atoms with Crippen molar-refractivity contribution in [3.63, 3.8) is 0 Å². The summed E-state index contributed by atoms with van der Waals surface area (Å²) in [5.41, 5.74) is 3.46. The normalized spacial score (nSPS) is 8.17. The Labute approximate surface area is 148 Å². The molecule has 3 aromatic rings. The zero-order valence-corrected chi connectivity index (χ0v) is 13.7. The fourth-order valence-electron chi connectivity index (χ4n) is 1.75. The number of hydrogen-bond acceptors (Lipinski definition) is 5. The molecule has 0 bridgehead atoms. The average molecular weight is 386 g/mol. The van der Waals surface area contributed by atoms with Gasteiger partial charge in [0.05, 0.1) is 22.8 Å². The van der Waals surface area contributed by atoms with Crippen LogP contribution in [0.25, 0.3) is 22.8 Å². The number of rotatable bonds is 2. The van der Waals surface area contributed by atoms with E-state index >= 15 is 0 Å². The summed E-state index contributed by atoms with van der Waals surface area (Å²) >= 11 is 0. The summed E-state index contributed by atoms with van der Waals surface area (Å²) < 4.78 is 0. The quantitative estimate of drug-likeness (QED) is 0.498. The van der Waals surface area contributed by atoms with Crippen molar-refractivity contribution in [1.82, 2.24) is 15.0 Å². The van der Waals surface area contributed by atoms with E-state index in [2.05, 4.69) is 15.0 Å². The van der Waals surface area contributed by atoms with E-state index < -0.39 is 0 Å². The molecule has 0 aliphatic carbocycles. The van der Waals surface area contributed by atoms with E-state index in [-0.39, 0.29) is 19.5 Å². The van der Waals surface area contributed by atoms with E-state index in [0.29, 0.717) is 0 Å². The van der Waals surface area contributed by atoms with Crippen LogP contribution in [0.15, 0.2) is 67.0 Å². The maximum Gasteiger partial charge on any atom is 2.00 e. The van der Waals surface area contributed by atoms with Gasteiger partial charge in [0.25, 0.3) is 0 Å². The predicted octanol–water partition coefficient (Wildman–Crippen LogP) is 3.40. The summed E-state index contributed by atoms with van der Waals surface area (Å²) in [6.07, 6.45) is 3.54.